The summed E-state index contributed by atoms with van der Waals surface area (Å²) in [4.78, 5) is 2.43. The Hall–Kier alpha value is -1.72. The van der Waals surface area contributed by atoms with Crippen molar-refractivity contribution in [1.82, 2.24) is 4.90 Å². The highest BCUT2D eigenvalue weighted by Crippen LogP contribution is 2.29. The van der Waals surface area contributed by atoms with E-state index in [1.54, 1.807) is 42.5 Å². The average molecular weight is 333 g/mol. The van der Waals surface area contributed by atoms with Crippen LogP contribution < -0.4 is 0 Å². The first-order valence-corrected chi connectivity index (χ1v) is 9.47. The maximum Gasteiger partial charge on any atom is 0.179 e. The van der Waals surface area contributed by atoms with Crippen LogP contribution in [0, 0.1) is 5.82 Å². The number of sulfone groups is 1. The van der Waals surface area contributed by atoms with E-state index < -0.39 is 9.84 Å². The van der Waals surface area contributed by atoms with Crippen molar-refractivity contribution in [3.8, 4) is 0 Å². The van der Waals surface area contributed by atoms with E-state index in [1.807, 2.05) is 6.07 Å². The summed E-state index contributed by atoms with van der Waals surface area (Å²) in [5.41, 5.74) is 0.622. The molecule has 0 aliphatic heterocycles. The summed E-state index contributed by atoms with van der Waals surface area (Å²) in [6.45, 7) is 0.887. The van der Waals surface area contributed by atoms with E-state index >= 15 is 0 Å². The molecule has 0 spiro atoms. The van der Waals surface area contributed by atoms with Gasteiger partial charge in [-0.1, -0.05) is 36.4 Å². The molecular weight excluding hydrogens is 313 g/mol. The Morgan fingerprint density at radius 2 is 1.65 bits per heavy atom. The Morgan fingerprint density at radius 1 is 1.00 bits per heavy atom. The van der Waals surface area contributed by atoms with E-state index in [-0.39, 0.29) is 11.6 Å². The fourth-order valence-electron chi connectivity index (χ4n) is 2.66. The zero-order valence-electron chi connectivity index (χ0n) is 12.9. The van der Waals surface area contributed by atoms with Crippen molar-refractivity contribution >= 4 is 9.84 Å². The van der Waals surface area contributed by atoms with E-state index in [2.05, 4.69) is 4.90 Å². The van der Waals surface area contributed by atoms with Crippen molar-refractivity contribution in [3.05, 3.63) is 66.0 Å². The van der Waals surface area contributed by atoms with E-state index in [9.17, 15) is 12.8 Å². The maximum absolute atomic E-state index is 13.8. The lowest BCUT2D eigenvalue weighted by atomic mass is 10.2. The first kappa shape index (κ1) is 16.1. The second-order valence-electron chi connectivity index (χ2n) is 5.92. The molecule has 1 fully saturated rings. The predicted molar refractivity (Wildman–Crippen MR) is 88.3 cm³/mol. The summed E-state index contributed by atoms with van der Waals surface area (Å²) in [7, 11) is -3.30. The highest BCUT2D eigenvalue weighted by atomic mass is 32.2. The standard InChI is InChI=1S/C18H20FNO2S/c19-18-9-5-4-6-15(18)14-20(16-10-11-16)12-13-23(21,22)17-7-2-1-3-8-17/h1-9,16H,10-14H2. The normalized spacial score (nSPS) is 15.0. The van der Waals surface area contributed by atoms with E-state index in [1.165, 1.54) is 6.07 Å². The summed E-state index contributed by atoms with van der Waals surface area (Å²) in [6, 6.07) is 15.5. The molecule has 0 unspecified atom stereocenters. The van der Waals surface area contributed by atoms with Gasteiger partial charge < -0.3 is 0 Å². The largest absolute Gasteiger partial charge is 0.295 e. The minimum Gasteiger partial charge on any atom is -0.295 e. The Balaban J connectivity index is 1.68. The Kier molecular flexibility index (Phi) is 4.78. The van der Waals surface area contributed by atoms with Crippen molar-refractivity contribution in [3.63, 3.8) is 0 Å². The van der Waals surface area contributed by atoms with Crippen LogP contribution in [0.25, 0.3) is 0 Å². The van der Waals surface area contributed by atoms with Gasteiger partial charge in [0.05, 0.1) is 10.6 Å². The first-order valence-electron chi connectivity index (χ1n) is 7.81. The van der Waals surface area contributed by atoms with Crippen LogP contribution in [0.4, 0.5) is 4.39 Å². The summed E-state index contributed by atoms with van der Waals surface area (Å²) >= 11 is 0. The second-order valence-corrected chi connectivity index (χ2v) is 8.03. The Morgan fingerprint density at radius 3 is 2.30 bits per heavy atom. The quantitative estimate of drug-likeness (QED) is 0.780. The van der Waals surface area contributed by atoms with Crippen molar-refractivity contribution in [2.24, 2.45) is 0 Å². The number of benzene rings is 2. The van der Waals surface area contributed by atoms with Crippen LogP contribution in [0.5, 0.6) is 0 Å². The minimum atomic E-state index is -3.30. The van der Waals surface area contributed by atoms with E-state index in [0.717, 1.165) is 12.8 Å². The molecule has 1 aliphatic carbocycles. The lowest BCUT2D eigenvalue weighted by Crippen LogP contribution is -2.31. The topological polar surface area (TPSA) is 37.4 Å². The molecule has 5 heteroatoms. The highest BCUT2D eigenvalue weighted by molar-refractivity contribution is 7.91. The van der Waals surface area contributed by atoms with Crippen molar-refractivity contribution in [2.75, 3.05) is 12.3 Å². The SMILES string of the molecule is O=S(=O)(CCN(Cc1ccccc1F)C1CC1)c1ccccc1. The van der Waals surface area contributed by atoms with Gasteiger partial charge in [-0.25, -0.2) is 12.8 Å². The molecule has 0 radical (unpaired) electrons. The number of halogens is 1. The first-order chi connectivity index (χ1) is 11.1. The van der Waals surface area contributed by atoms with Gasteiger partial charge in [-0.15, -0.1) is 0 Å². The third-order valence-corrected chi connectivity index (χ3v) is 5.85. The van der Waals surface area contributed by atoms with Gasteiger partial charge in [0.15, 0.2) is 9.84 Å². The Labute approximate surface area is 136 Å². The molecule has 3 rings (SSSR count). The predicted octanol–water partition coefficient (Wildman–Crippen LogP) is 3.26. The molecule has 0 atom stereocenters. The van der Waals surface area contributed by atoms with Gasteiger partial charge in [0.25, 0.3) is 0 Å². The zero-order chi connectivity index (χ0) is 16.3. The maximum atomic E-state index is 13.8. The lowest BCUT2D eigenvalue weighted by Gasteiger charge is -2.22. The van der Waals surface area contributed by atoms with Crippen LogP contribution in [0.15, 0.2) is 59.5 Å². The Bertz CT molecular complexity index is 758. The van der Waals surface area contributed by atoms with E-state index in [0.29, 0.717) is 29.6 Å². The van der Waals surface area contributed by atoms with Crippen LogP contribution >= 0.6 is 0 Å². The molecule has 3 nitrogen and oxygen atoms in total. The van der Waals surface area contributed by atoms with Crippen molar-refractivity contribution in [2.45, 2.75) is 30.3 Å². The third kappa shape index (κ3) is 4.18. The molecule has 0 saturated heterocycles. The number of rotatable bonds is 7. The molecule has 1 saturated carbocycles. The van der Waals surface area contributed by atoms with Gasteiger partial charge in [-0.05, 0) is 31.0 Å². The zero-order valence-corrected chi connectivity index (χ0v) is 13.7. The highest BCUT2D eigenvalue weighted by Gasteiger charge is 2.30. The minimum absolute atomic E-state index is 0.0575. The molecule has 122 valence electrons. The van der Waals surface area contributed by atoms with Gasteiger partial charge in [0.2, 0.25) is 0 Å². The molecule has 0 heterocycles. The molecule has 1 aliphatic rings. The number of nitrogens with zero attached hydrogens (tertiary/aromatic N) is 1. The monoisotopic (exact) mass is 333 g/mol. The van der Waals surface area contributed by atoms with Crippen molar-refractivity contribution < 1.29 is 12.8 Å². The van der Waals surface area contributed by atoms with Gasteiger partial charge in [0, 0.05) is 24.7 Å². The van der Waals surface area contributed by atoms with Gasteiger partial charge in [-0.2, -0.15) is 0 Å². The van der Waals surface area contributed by atoms with Crippen LogP contribution in [-0.2, 0) is 16.4 Å². The van der Waals surface area contributed by atoms with Crippen LogP contribution in [-0.4, -0.2) is 31.7 Å². The van der Waals surface area contributed by atoms with Gasteiger partial charge in [0.1, 0.15) is 5.82 Å². The molecule has 2 aromatic rings. The van der Waals surface area contributed by atoms with Gasteiger partial charge in [-0.3, -0.25) is 4.90 Å². The molecule has 0 N–H and O–H groups in total. The molecule has 23 heavy (non-hydrogen) atoms. The van der Waals surface area contributed by atoms with Crippen LogP contribution in [0.2, 0.25) is 0 Å². The molecule has 0 aromatic heterocycles. The smallest absolute Gasteiger partial charge is 0.179 e. The molecular formula is C18H20FNO2S. The van der Waals surface area contributed by atoms with Crippen molar-refractivity contribution in [1.29, 1.82) is 0 Å². The molecule has 0 bridgehead atoms. The number of hydrogen-bond donors (Lipinski definition) is 0. The lowest BCUT2D eigenvalue weighted by molar-refractivity contribution is 0.266. The van der Waals surface area contributed by atoms with Gasteiger partial charge >= 0.3 is 0 Å². The summed E-state index contributed by atoms with van der Waals surface area (Å²) in [5, 5.41) is 0. The summed E-state index contributed by atoms with van der Waals surface area (Å²) < 4.78 is 38.6. The second kappa shape index (κ2) is 6.81. The third-order valence-electron chi connectivity index (χ3n) is 4.14. The fraction of sp³-hybridized carbons (Fsp3) is 0.333. The average Bonchev–Trinajstić information content (AvgIpc) is 3.39. The van der Waals surface area contributed by atoms with Crippen LogP contribution in [0.3, 0.4) is 0 Å². The molecule has 2 aromatic carbocycles. The molecule has 0 amide bonds. The van der Waals surface area contributed by atoms with Crippen LogP contribution in [0.1, 0.15) is 18.4 Å². The summed E-state index contributed by atoms with van der Waals surface area (Å²) in [6.07, 6.45) is 2.11. The van der Waals surface area contributed by atoms with E-state index in [4.69, 9.17) is 0 Å². The number of hydrogen-bond acceptors (Lipinski definition) is 3. The fourth-order valence-corrected chi connectivity index (χ4v) is 3.94. The summed E-state index contributed by atoms with van der Waals surface area (Å²) in [5.74, 6) is -0.175.